The average Bonchev–Trinajstić information content (AvgIpc) is 3.30. The summed E-state index contributed by atoms with van der Waals surface area (Å²) in [5, 5.41) is 5.74. The molecule has 3 rings (SSSR count). The van der Waals surface area contributed by atoms with E-state index < -0.39 is 10.0 Å². The summed E-state index contributed by atoms with van der Waals surface area (Å²) in [5.74, 6) is 0.458. The number of amides is 1. The fourth-order valence-electron chi connectivity index (χ4n) is 3.80. The van der Waals surface area contributed by atoms with E-state index in [0.717, 1.165) is 30.6 Å². The third-order valence-electron chi connectivity index (χ3n) is 5.66. The number of aromatic nitrogens is 1. The molecule has 0 radical (unpaired) electrons. The molecule has 2 aromatic rings. The SMILES string of the molecule is CC(C)C(NC(=O)CSc1ccc(S(=O)(=O)N(C)C2CCCCC2)cn1)c1cccs1. The van der Waals surface area contributed by atoms with Crippen LogP contribution in [0.3, 0.4) is 0 Å². The Morgan fingerprint density at radius 3 is 2.58 bits per heavy atom. The van der Waals surface area contributed by atoms with Crippen LogP contribution in [-0.4, -0.2) is 42.5 Å². The van der Waals surface area contributed by atoms with Crippen molar-refractivity contribution in [1.29, 1.82) is 0 Å². The van der Waals surface area contributed by atoms with Crippen LogP contribution in [0.5, 0.6) is 0 Å². The van der Waals surface area contributed by atoms with E-state index in [1.165, 1.54) is 28.7 Å². The summed E-state index contributed by atoms with van der Waals surface area (Å²) in [4.78, 5) is 18.1. The van der Waals surface area contributed by atoms with Crippen molar-refractivity contribution in [2.45, 2.75) is 68.0 Å². The number of nitrogens with one attached hydrogen (secondary N) is 1. The molecule has 31 heavy (non-hydrogen) atoms. The molecule has 1 unspecified atom stereocenters. The Morgan fingerprint density at radius 2 is 2.00 bits per heavy atom. The number of pyridine rings is 1. The number of carbonyl (C=O) groups excluding carboxylic acids is 1. The molecule has 0 saturated heterocycles. The van der Waals surface area contributed by atoms with Crippen LogP contribution in [0.4, 0.5) is 0 Å². The molecule has 2 aromatic heterocycles. The van der Waals surface area contributed by atoms with Gasteiger partial charge in [-0.1, -0.05) is 50.9 Å². The molecule has 1 amide bonds. The van der Waals surface area contributed by atoms with Gasteiger partial charge in [0, 0.05) is 24.2 Å². The lowest BCUT2D eigenvalue weighted by Crippen LogP contribution is -2.38. The van der Waals surface area contributed by atoms with Crippen LogP contribution in [0.25, 0.3) is 0 Å². The zero-order valence-electron chi connectivity index (χ0n) is 18.3. The van der Waals surface area contributed by atoms with Crippen molar-refractivity contribution in [1.82, 2.24) is 14.6 Å². The lowest BCUT2D eigenvalue weighted by atomic mass is 9.96. The first-order valence-corrected chi connectivity index (χ1v) is 14.0. The van der Waals surface area contributed by atoms with Crippen LogP contribution in [0.15, 0.2) is 45.8 Å². The maximum atomic E-state index is 12.9. The monoisotopic (exact) mass is 481 g/mol. The summed E-state index contributed by atoms with van der Waals surface area (Å²) < 4.78 is 27.3. The Labute approximate surface area is 193 Å². The lowest BCUT2D eigenvalue weighted by Gasteiger charge is -2.30. The zero-order chi connectivity index (χ0) is 22.4. The van der Waals surface area contributed by atoms with Crippen LogP contribution >= 0.6 is 23.1 Å². The zero-order valence-corrected chi connectivity index (χ0v) is 20.7. The third-order valence-corrected chi connectivity index (χ3v) is 9.45. The van der Waals surface area contributed by atoms with Crippen molar-refractivity contribution in [3.05, 3.63) is 40.7 Å². The summed E-state index contributed by atoms with van der Waals surface area (Å²) in [6.07, 6.45) is 6.55. The van der Waals surface area contributed by atoms with Gasteiger partial charge in [0.1, 0.15) is 4.90 Å². The van der Waals surface area contributed by atoms with Crippen LogP contribution in [0, 0.1) is 5.92 Å². The van der Waals surface area contributed by atoms with E-state index in [2.05, 4.69) is 24.1 Å². The highest BCUT2D eigenvalue weighted by Crippen LogP contribution is 2.28. The smallest absolute Gasteiger partial charge is 0.244 e. The van der Waals surface area contributed by atoms with Crippen molar-refractivity contribution in [2.75, 3.05) is 12.8 Å². The number of thiophene rings is 1. The Balaban J connectivity index is 1.57. The van der Waals surface area contributed by atoms with Crippen LogP contribution in [-0.2, 0) is 14.8 Å². The summed E-state index contributed by atoms with van der Waals surface area (Å²) >= 11 is 2.94. The summed E-state index contributed by atoms with van der Waals surface area (Å²) in [6, 6.07) is 7.34. The highest BCUT2D eigenvalue weighted by Gasteiger charge is 2.29. The molecule has 0 bridgehead atoms. The standard InChI is InChI=1S/C22H31N3O3S3/c1-16(2)22(19-10-7-13-29-19)24-20(26)15-30-21-12-11-18(14-23-21)31(27,28)25(3)17-8-5-4-6-9-17/h7,10-14,16-17,22H,4-6,8-9,15H2,1-3H3,(H,24,26). The maximum Gasteiger partial charge on any atom is 0.244 e. The fraction of sp³-hybridized carbons (Fsp3) is 0.545. The van der Waals surface area contributed by atoms with E-state index in [1.54, 1.807) is 30.5 Å². The molecule has 1 atom stereocenters. The van der Waals surface area contributed by atoms with Crippen molar-refractivity contribution >= 4 is 39.0 Å². The number of hydrogen-bond donors (Lipinski definition) is 1. The molecule has 6 nitrogen and oxygen atoms in total. The number of thioether (sulfide) groups is 1. The highest BCUT2D eigenvalue weighted by molar-refractivity contribution is 7.99. The molecule has 1 aliphatic rings. The number of carbonyl (C=O) groups is 1. The summed E-state index contributed by atoms with van der Waals surface area (Å²) in [6.45, 7) is 4.17. The van der Waals surface area contributed by atoms with Crippen LogP contribution in [0.1, 0.15) is 56.9 Å². The van der Waals surface area contributed by atoms with Crippen molar-refractivity contribution in [3.8, 4) is 0 Å². The molecule has 1 saturated carbocycles. The quantitative estimate of drug-likeness (QED) is 0.525. The Morgan fingerprint density at radius 1 is 1.26 bits per heavy atom. The van der Waals surface area contributed by atoms with E-state index in [9.17, 15) is 13.2 Å². The third kappa shape index (κ3) is 6.31. The maximum absolute atomic E-state index is 12.9. The van der Waals surface area contributed by atoms with Crippen LogP contribution < -0.4 is 5.32 Å². The largest absolute Gasteiger partial charge is 0.347 e. The molecule has 0 spiro atoms. The Bertz CT molecular complexity index is 938. The number of nitrogens with zero attached hydrogens (tertiary/aromatic N) is 2. The molecule has 1 aliphatic carbocycles. The first kappa shape index (κ1) is 24.2. The number of rotatable bonds is 9. The highest BCUT2D eigenvalue weighted by atomic mass is 32.2. The minimum absolute atomic E-state index is 0.0103. The Hall–Kier alpha value is -1.42. The number of sulfonamides is 1. The molecule has 1 N–H and O–H groups in total. The van der Waals surface area contributed by atoms with Gasteiger partial charge in [-0.2, -0.15) is 4.31 Å². The molecular formula is C22H31N3O3S3. The fourth-order valence-corrected chi connectivity index (χ4v) is 6.77. The number of hydrogen-bond acceptors (Lipinski definition) is 6. The van der Waals surface area contributed by atoms with Crippen molar-refractivity contribution in [2.24, 2.45) is 5.92 Å². The van der Waals surface area contributed by atoms with Gasteiger partial charge in [-0.3, -0.25) is 4.79 Å². The van der Waals surface area contributed by atoms with Gasteiger partial charge in [-0.15, -0.1) is 11.3 Å². The molecule has 170 valence electrons. The summed E-state index contributed by atoms with van der Waals surface area (Å²) in [5.41, 5.74) is 0. The minimum atomic E-state index is -3.55. The van der Waals surface area contributed by atoms with Gasteiger partial charge in [0.05, 0.1) is 16.8 Å². The molecule has 1 fully saturated rings. The van der Waals surface area contributed by atoms with E-state index in [0.29, 0.717) is 5.03 Å². The second kappa shape index (κ2) is 10.9. The second-order valence-corrected chi connectivity index (χ2v) is 12.2. The van der Waals surface area contributed by atoms with Crippen LogP contribution in [0.2, 0.25) is 0 Å². The molecule has 9 heteroatoms. The van der Waals surface area contributed by atoms with Gasteiger partial charge < -0.3 is 5.32 Å². The van der Waals surface area contributed by atoms with Gasteiger partial charge in [0.25, 0.3) is 0 Å². The molecule has 0 aliphatic heterocycles. The molecule has 2 heterocycles. The normalized spacial score (nSPS) is 16.5. The van der Waals surface area contributed by atoms with Crippen molar-refractivity contribution < 1.29 is 13.2 Å². The van der Waals surface area contributed by atoms with Gasteiger partial charge in [0.15, 0.2) is 0 Å². The first-order valence-electron chi connectivity index (χ1n) is 10.7. The lowest BCUT2D eigenvalue weighted by molar-refractivity contribution is -0.119. The molecular weight excluding hydrogens is 450 g/mol. The van der Waals surface area contributed by atoms with Crippen molar-refractivity contribution in [3.63, 3.8) is 0 Å². The average molecular weight is 482 g/mol. The predicted molar refractivity (Wildman–Crippen MR) is 127 cm³/mol. The van der Waals surface area contributed by atoms with E-state index in [1.807, 2.05) is 17.5 Å². The van der Waals surface area contributed by atoms with Gasteiger partial charge >= 0.3 is 0 Å². The van der Waals surface area contributed by atoms with Gasteiger partial charge in [0.2, 0.25) is 15.9 Å². The van der Waals surface area contributed by atoms with E-state index in [-0.39, 0.29) is 34.6 Å². The minimum Gasteiger partial charge on any atom is -0.347 e. The predicted octanol–water partition coefficient (Wildman–Crippen LogP) is 4.70. The Kier molecular flexibility index (Phi) is 8.55. The van der Waals surface area contributed by atoms with Gasteiger partial charge in [-0.25, -0.2) is 13.4 Å². The first-order chi connectivity index (χ1) is 14.8. The summed E-state index contributed by atoms with van der Waals surface area (Å²) in [7, 11) is -1.89. The van der Waals surface area contributed by atoms with Gasteiger partial charge in [-0.05, 0) is 42.3 Å². The second-order valence-electron chi connectivity index (χ2n) is 8.24. The van der Waals surface area contributed by atoms with E-state index >= 15 is 0 Å². The topological polar surface area (TPSA) is 79.4 Å². The molecule has 0 aromatic carbocycles. The van der Waals surface area contributed by atoms with E-state index in [4.69, 9.17) is 0 Å².